The molecule has 1 aliphatic carbocycles. The first-order valence-electron chi connectivity index (χ1n) is 9.07. The van der Waals surface area contributed by atoms with Crippen LogP contribution >= 0.6 is 39.1 Å². The Morgan fingerprint density at radius 1 is 1.07 bits per heavy atom. The lowest BCUT2D eigenvalue weighted by molar-refractivity contribution is 0.295. The van der Waals surface area contributed by atoms with E-state index < -0.39 is 15.1 Å². The second kappa shape index (κ2) is 8.75. The Bertz CT molecular complexity index is 1160. The number of rotatable bonds is 7. The monoisotopic (exact) mass is 527 g/mol. The average Bonchev–Trinajstić information content (AvgIpc) is 3.56. The molecule has 0 atom stereocenters. The van der Waals surface area contributed by atoms with Gasteiger partial charge in [0.15, 0.2) is 21.3 Å². The molecule has 3 aromatic rings. The van der Waals surface area contributed by atoms with Crippen molar-refractivity contribution < 1.29 is 17.9 Å². The Morgan fingerprint density at radius 2 is 1.73 bits per heavy atom. The van der Waals surface area contributed by atoms with Crippen LogP contribution in [0.5, 0.6) is 17.4 Å². The number of hydrogen-bond donors (Lipinski definition) is 0. The van der Waals surface area contributed by atoms with Crippen LogP contribution in [-0.2, 0) is 16.4 Å². The van der Waals surface area contributed by atoms with E-state index in [1.165, 1.54) is 12.3 Å². The first-order valence-corrected chi connectivity index (χ1v) is 12.2. The van der Waals surface area contributed by atoms with Crippen LogP contribution in [0.4, 0.5) is 0 Å². The van der Waals surface area contributed by atoms with Gasteiger partial charge in [0.2, 0.25) is 5.88 Å². The van der Waals surface area contributed by atoms with Crippen molar-refractivity contribution in [2.45, 2.75) is 29.6 Å². The van der Waals surface area contributed by atoms with Gasteiger partial charge >= 0.3 is 0 Å². The fraction of sp³-hybridized carbons (Fsp3) is 0.190. The lowest BCUT2D eigenvalue weighted by Gasteiger charge is -2.14. The topological polar surface area (TPSA) is 65.5 Å². The van der Waals surface area contributed by atoms with Gasteiger partial charge in [0.1, 0.15) is 11.5 Å². The Labute approximate surface area is 193 Å². The molecule has 0 bridgehead atoms. The highest BCUT2D eigenvalue weighted by Gasteiger charge is 2.39. The molecule has 30 heavy (non-hydrogen) atoms. The lowest BCUT2D eigenvalue weighted by Crippen LogP contribution is -2.10. The molecule has 0 saturated heterocycles. The largest absolute Gasteiger partial charge is 0.486 e. The number of hydrogen-bond acceptors (Lipinski definition) is 5. The van der Waals surface area contributed by atoms with Crippen LogP contribution < -0.4 is 9.47 Å². The summed E-state index contributed by atoms with van der Waals surface area (Å²) in [5.74, 6) is 0.445. The van der Waals surface area contributed by atoms with Gasteiger partial charge in [-0.2, -0.15) is 0 Å². The molecule has 4 rings (SSSR count). The predicted molar refractivity (Wildman–Crippen MR) is 119 cm³/mol. The van der Waals surface area contributed by atoms with Crippen LogP contribution in [0.25, 0.3) is 0 Å². The molecule has 9 heteroatoms. The zero-order valence-corrected chi connectivity index (χ0v) is 19.4. The minimum absolute atomic E-state index is 0.0512. The van der Waals surface area contributed by atoms with E-state index >= 15 is 0 Å². The van der Waals surface area contributed by atoms with Gasteiger partial charge in [-0.3, -0.25) is 0 Å². The molecule has 1 saturated carbocycles. The summed E-state index contributed by atoms with van der Waals surface area (Å²) in [5, 5.41) is 0.131. The first kappa shape index (κ1) is 21.4. The molecule has 1 heterocycles. The molecule has 0 unspecified atom stereocenters. The Hall–Kier alpha value is -1.80. The Balaban J connectivity index is 1.67. The Kier molecular flexibility index (Phi) is 6.25. The maximum atomic E-state index is 13.0. The van der Waals surface area contributed by atoms with Gasteiger partial charge in [0, 0.05) is 10.5 Å². The van der Waals surface area contributed by atoms with E-state index in [0.717, 1.165) is 5.56 Å². The van der Waals surface area contributed by atoms with Crippen molar-refractivity contribution in [1.82, 2.24) is 4.98 Å². The van der Waals surface area contributed by atoms with E-state index in [1.54, 1.807) is 12.1 Å². The van der Waals surface area contributed by atoms with E-state index in [1.807, 2.05) is 30.3 Å². The standard InChI is InChI=1S/C21H16BrCl2NO4S/c22-14-8-16(23)21(17(24)9-14)29-20-10-19(30(26,27)15-6-7-15)18(11-25-20)28-12-13-4-2-1-3-5-13/h1-5,8-11,15H,6-7,12H2. The normalized spacial score (nSPS) is 13.8. The maximum absolute atomic E-state index is 13.0. The summed E-state index contributed by atoms with van der Waals surface area (Å²) in [5.41, 5.74) is 0.918. The fourth-order valence-electron chi connectivity index (χ4n) is 2.82. The molecule has 0 aliphatic heterocycles. The Morgan fingerprint density at radius 3 is 2.37 bits per heavy atom. The second-order valence-corrected chi connectivity index (χ2v) is 10.7. The van der Waals surface area contributed by atoms with Crippen molar-refractivity contribution in [2.75, 3.05) is 0 Å². The van der Waals surface area contributed by atoms with Gasteiger partial charge in [-0.1, -0.05) is 69.5 Å². The predicted octanol–water partition coefficient (Wildman–Crippen LogP) is 6.46. The van der Waals surface area contributed by atoms with E-state index in [0.29, 0.717) is 17.3 Å². The molecule has 0 spiro atoms. The fourth-order valence-corrected chi connectivity index (χ4v) is 5.88. The summed E-state index contributed by atoms with van der Waals surface area (Å²) in [6, 6.07) is 14.1. The van der Waals surface area contributed by atoms with E-state index in [2.05, 4.69) is 20.9 Å². The smallest absolute Gasteiger partial charge is 0.220 e. The molecule has 1 aliphatic rings. The molecule has 5 nitrogen and oxygen atoms in total. The number of sulfone groups is 1. The van der Waals surface area contributed by atoms with Crippen molar-refractivity contribution in [1.29, 1.82) is 0 Å². The van der Waals surface area contributed by atoms with E-state index in [4.69, 9.17) is 32.7 Å². The summed E-state index contributed by atoms with van der Waals surface area (Å²) < 4.78 is 38.2. The van der Waals surface area contributed by atoms with Crippen molar-refractivity contribution in [2.24, 2.45) is 0 Å². The molecular formula is C21H16BrCl2NO4S. The van der Waals surface area contributed by atoms with Crippen LogP contribution in [0.1, 0.15) is 18.4 Å². The van der Waals surface area contributed by atoms with Crippen LogP contribution in [0.3, 0.4) is 0 Å². The maximum Gasteiger partial charge on any atom is 0.220 e. The summed E-state index contributed by atoms with van der Waals surface area (Å²) in [6.07, 6.45) is 2.61. The number of nitrogens with zero attached hydrogens (tertiary/aromatic N) is 1. The van der Waals surface area contributed by atoms with Crippen molar-refractivity contribution in [3.8, 4) is 17.4 Å². The summed E-state index contributed by atoms with van der Waals surface area (Å²) in [7, 11) is -3.56. The third-order valence-electron chi connectivity index (χ3n) is 4.48. The third kappa shape index (κ3) is 4.75. The summed E-state index contributed by atoms with van der Waals surface area (Å²) in [6.45, 7) is 0.222. The van der Waals surface area contributed by atoms with Crippen molar-refractivity contribution in [3.05, 3.63) is 74.8 Å². The molecule has 156 valence electrons. The number of ether oxygens (including phenoxy) is 2. The molecule has 0 N–H and O–H groups in total. The molecule has 1 aromatic heterocycles. The highest BCUT2D eigenvalue weighted by atomic mass is 79.9. The van der Waals surface area contributed by atoms with E-state index in [9.17, 15) is 8.42 Å². The zero-order chi connectivity index (χ0) is 21.3. The SMILES string of the molecule is O=S(=O)(c1cc(Oc2c(Cl)cc(Br)cc2Cl)ncc1OCc1ccccc1)C1CC1. The first-order chi connectivity index (χ1) is 14.3. The quantitative estimate of drug-likeness (QED) is 0.352. The third-order valence-corrected chi connectivity index (χ3v) is 7.78. The minimum atomic E-state index is -3.56. The van der Waals surface area contributed by atoms with Crippen LogP contribution in [0.2, 0.25) is 10.0 Å². The summed E-state index contributed by atoms with van der Waals surface area (Å²) in [4.78, 5) is 4.26. The van der Waals surface area contributed by atoms with E-state index in [-0.39, 0.29) is 38.9 Å². The lowest BCUT2D eigenvalue weighted by atomic mass is 10.2. The van der Waals surface area contributed by atoms with Gasteiger partial charge < -0.3 is 9.47 Å². The van der Waals surface area contributed by atoms with Gasteiger partial charge in [0.25, 0.3) is 0 Å². The minimum Gasteiger partial charge on any atom is -0.486 e. The van der Waals surface area contributed by atoms with Gasteiger partial charge in [-0.15, -0.1) is 0 Å². The number of pyridine rings is 1. The highest BCUT2D eigenvalue weighted by Crippen LogP contribution is 2.41. The zero-order valence-electron chi connectivity index (χ0n) is 15.5. The molecular weight excluding hydrogens is 513 g/mol. The summed E-state index contributed by atoms with van der Waals surface area (Å²) >= 11 is 15.7. The molecule has 2 aromatic carbocycles. The van der Waals surface area contributed by atoms with Gasteiger partial charge in [-0.25, -0.2) is 13.4 Å². The molecule has 1 fully saturated rings. The van der Waals surface area contributed by atoms with Crippen molar-refractivity contribution >= 4 is 49.0 Å². The highest BCUT2D eigenvalue weighted by molar-refractivity contribution is 9.10. The number of aromatic nitrogens is 1. The van der Waals surface area contributed by atoms with Gasteiger partial charge in [0.05, 0.1) is 21.5 Å². The van der Waals surface area contributed by atoms with Gasteiger partial charge in [-0.05, 0) is 30.5 Å². The van der Waals surface area contributed by atoms with Crippen LogP contribution in [0.15, 0.2) is 64.1 Å². The average molecular weight is 529 g/mol. The number of halogens is 3. The second-order valence-electron chi connectivity index (χ2n) is 6.79. The molecule has 0 radical (unpaired) electrons. The van der Waals surface area contributed by atoms with Crippen molar-refractivity contribution in [3.63, 3.8) is 0 Å². The molecule has 0 amide bonds. The van der Waals surface area contributed by atoms with Crippen LogP contribution in [0, 0.1) is 0 Å². The number of benzene rings is 2. The van der Waals surface area contributed by atoms with Crippen LogP contribution in [-0.4, -0.2) is 18.7 Å².